The van der Waals surface area contributed by atoms with Gasteiger partial charge in [0.25, 0.3) is 0 Å². The molecule has 1 heterocycles. The Labute approximate surface area is 157 Å². The number of aromatic nitrogens is 1. The molecule has 1 aromatic heterocycles. The van der Waals surface area contributed by atoms with Gasteiger partial charge in [0, 0.05) is 25.7 Å². The van der Waals surface area contributed by atoms with Crippen molar-refractivity contribution < 1.29 is 14.3 Å². The predicted octanol–water partition coefficient (Wildman–Crippen LogP) is 3.68. The Bertz CT molecular complexity index is 760. The van der Waals surface area contributed by atoms with Crippen LogP contribution in [0.1, 0.15) is 32.7 Å². The van der Waals surface area contributed by atoms with Gasteiger partial charge in [-0.25, -0.2) is 9.78 Å². The van der Waals surface area contributed by atoms with E-state index in [1.807, 2.05) is 52.0 Å². The van der Waals surface area contributed by atoms with Crippen LogP contribution in [0, 0.1) is 0 Å². The summed E-state index contributed by atoms with van der Waals surface area (Å²) in [7, 11) is 0. The maximum atomic E-state index is 12.0. The maximum absolute atomic E-state index is 12.0. The second-order valence-electron chi connectivity index (χ2n) is 6.70. The summed E-state index contributed by atoms with van der Waals surface area (Å²) in [5.41, 5.74) is 0.391. The molecular weight excluding hydrogens is 350 g/mol. The Balaban J connectivity index is 1.81. The largest absolute Gasteiger partial charge is 0.444 e. The maximum Gasteiger partial charge on any atom is 0.410 e. The molecule has 0 spiro atoms. The van der Waals surface area contributed by atoms with Gasteiger partial charge in [0.15, 0.2) is 0 Å². The highest BCUT2D eigenvalue weighted by atomic mass is 32.1. The first kappa shape index (κ1) is 19.9. The minimum absolute atomic E-state index is 0.218. The Hall–Kier alpha value is -2.41. The van der Waals surface area contributed by atoms with Crippen LogP contribution in [0.2, 0.25) is 0 Å². The third-order valence-corrected chi connectivity index (χ3v) is 4.40. The van der Waals surface area contributed by atoms with Crippen LogP contribution in [0.5, 0.6) is 0 Å². The molecule has 0 atom stereocenters. The van der Waals surface area contributed by atoms with E-state index in [1.165, 1.54) is 17.4 Å². The molecular formula is C19H25N3O3S. The highest BCUT2D eigenvalue weighted by molar-refractivity contribution is 7.19. The zero-order valence-corrected chi connectivity index (χ0v) is 16.4. The van der Waals surface area contributed by atoms with Gasteiger partial charge in [-0.15, -0.1) is 11.3 Å². The van der Waals surface area contributed by atoms with E-state index < -0.39 is 5.60 Å². The first-order valence-corrected chi connectivity index (χ1v) is 9.39. The van der Waals surface area contributed by atoms with Gasteiger partial charge in [-0.3, -0.25) is 4.79 Å². The van der Waals surface area contributed by atoms with Crippen molar-refractivity contribution in [1.82, 2.24) is 15.2 Å². The third-order valence-electron chi connectivity index (χ3n) is 3.40. The Morgan fingerprint density at radius 1 is 1.31 bits per heavy atom. The van der Waals surface area contributed by atoms with Crippen molar-refractivity contribution in [3.05, 3.63) is 35.3 Å². The standard InChI is InChI=1S/C19H25N3O3S/c1-5-22(18(24)25-19(2,3)4)13-12-20-16(23)10-11-17-21-14-8-6-7-9-15(14)26-17/h6-11H,5,12-13H2,1-4H3,(H,20,23). The molecule has 140 valence electrons. The van der Waals surface area contributed by atoms with Gasteiger partial charge in [-0.2, -0.15) is 0 Å². The summed E-state index contributed by atoms with van der Waals surface area (Å²) in [6.45, 7) is 8.63. The number of nitrogens with zero attached hydrogens (tertiary/aromatic N) is 2. The van der Waals surface area contributed by atoms with E-state index >= 15 is 0 Å². The molecule has 0 fully saturated rings. The van der Waals surface area contributed by atoms with Crippen molar-refractivity contribution in [2.24, 2.45) is 0 Å². The smallest absolute Gasteiger partial charge is 0.410 e. The molecule has 0 bridgehead atoms. The molecule has 6 nitrogen and oxygen atoms in total. The Kier molecular flexibility index (Phi) is 6.74. The van der Waals surface area contributed by atoms with E-state index in [-0.39, 0.29) is 12.0 Å². The molecule has 26 heavy (non-hydrogen) atoms. The van der Waals surface area contributed by atoms with E-state index in [0.29, 0.717) is 19.6 Å². The topological polar surface area (TPSA) is 71.5 Å². The number of benzene rings is 1. The lowest BCUT2D eigenvalue weighted by molar-refractivity contribution is -0.116. The van der Waals surface area contributed by atoms with Gasteiger partial charge in [0.2, 0.25) is 5.91 Å². The monoisotopic (exact) mass is 375 g/mol. The molecule has 0 saturated carbocycles. The number of rotatable bonds is 6. The predicted molar refractivity (Wildman–Crippen MR) is 105 cm³/mol. The summed E-state index contributed by atoms with van der Waals surface area (Å²) in [4.78, 5) is 30.0. The molecule has 2 rings (SSSR count). The molecule has 0 aliphatic heterocycles. The molecule has 1 aromatic carbocycles. The lowest BCUT2D eigenvalue weighted by atomic mass is 10.2. The van der Waals surface area contributed by atoms with Crippen molar-refractivity contribution in [2.75, 3.05) is 19.6 Å². The number of likely N-dealkylation sites (N-methyl/N-ethyl adjacent to an activating group) is 1. The van der Waals surface area contributed by atoms with Gasteiger partial charge >= 0.3 is 6.09 Å². The van der Waals surface area contributed by atoms with Crippen LogP contribution in [-0.4, -0.2) is 47.1 Å². The summed E-state index contributed by atoms with van der Waals surface area (Å²) >= 11 is 1.53. The number of hydrogen-bond donors (Lipinski definition) is 1. The average molecular weight is 375 g/mol. The van der Waals surface area contributed by atoms with Crippen molar-refractivity contribution in [2.45, 2.75) is 33.3 Å². The highest BCUT2D eigenvalue weighted by Crippen LogP contribution is 2.22. The fourth-order valence-corrected chi connectivity index (χ4v) is 3.06. The second-order valence-corrected chi connectivity index (χ2v) is 7.77. The van der Waals surface area contributed by atoms with Crippen LogP contribution >= 0.6 is 11.3 Å². The minimum Gasteiger partial charge on any atom is -0.444 e. The van der Waals surface area contributed by atoms with E-state index in [4.69, 9.17) is 4.74 Å². The summed E-state index contributed by atoms with van der Waals surface area (Å²) in [6, 6.07) is 7.84. The number of ether oxygens (including phenoxy) is 1. The van der Waals surface area contributed by atoms with Gasteiger partial charge < -0.3 is 15.0 Å². The number of amides is 2. The van der Waals surface area contributed by atoms with E-state index in [1.54, 1.807) is 11.0 Å². The fraction of sp³-hybridized carbons (Fsp3) is 0.421. The molecule has 2 aromatic rings. The average Bonchev–Trinajstić information content (AvgIpc) is 2.98. The molecule has 0 aliphatic rings. The van der Waals surface area contributed by atoms with E-state index in [9.17, 15) is 9.59 Å². The molecule has 0 unspecified atom stereocenters. The van der Waals surface area contributed by atoms with Crippen LogP contribution in [-0.2, 0) is 9.53 Å². The molecule has 1 N–H and O–H groups in total. The summed E-state index contributed by atoms with van der Waals surface area (Å²) in [6.07, 6.45) is 2.78. The van der Waals surface area contributed by atoms with Crippen LogP contribution in [0.4, 0.5) is 4.79 Å². The number of para-hydroxylation sites is 1. The van der Waals surface area contributed by atoms with Crippen LogP contribution in [0.25, 0.3) is 16.3 Å². The fourth-order valence-electron chi connectivity index (χ4n) is 2.19. The van der Waals surface area contributed by atoms with Crippen molar-refractivity contribution in [3.63, 3.8) is 0 Å². The molecule has 0 saturated heterocycles. The number of carbonyl (C=O) groups excluding carboxylic acids is 2. The Morgan fingerprint density at radius 2 is 2.04 bits per heavy atom. The summed E-state index contributed by atoms with van der Waals surface area (Å²) < 4.78 is 6.42. The van der Waals surface area contributed by atoms with Crippen molar-refractivity contribution in [1.29, 1.82) is 0 Å². The first-order valence-electron chi connectivity index (χ1n) is 8.58. The SMILES string of the molecule is CCN(CCNC(=O)C=Cc1nc2ccccc2s1)C(=O)OC(C)(C)C. The van der Waals surface area contributed by atoms with Gasteiger partial charge in [0.1, 0.15) is 10.6 Å². The van der Waals surface area contributed by atoms with Gasteiger partial charge in [-0.05, 0) is 45.9 Å². The molecule has 0 radical (unpaired) electrons. The van der Waals surface area contributed by atoms with Gasteiger partial charge in [-0.1, -0.05) is 12.1 Å². The zero-order chi connectivity index (χ0) is 19.2. The van der Waals surface area contributed by atoms with Gasteiger partial charge in [0.05, 0.1) is 10.2 Å². The van der Waals surface area contributed by atoms with Crippen molar-refractivity contribution in [3.8, 4) is 0 Å². The van der Waals surface area contributed by atoms with E-state index in [0.717, 1.165) is 15.2 Å². The number of carbonyl (C=O) groups is 2. The van der Waals surface area contributed by atoms with Crippen LogP contribution < -0.4 is 5.32 Å². The first-order chi connectivity index (χ1) is 12.3. The van der Waals surface area contributed by atoms with Crippen LogP contribution in [0.3, 0.4) is 0 Å². The van der Waals surface area contributed by atoms with E-state index in [2.05, 4.69) is 10.3 Å². The quantitative estimate of drug-likeness (QED) is 0.782. The normalized spacial score (nSPS) is 11.7. The van der Waals surface area contributed by atoms with Crippen LogP contribution in [0.15, 0.2) is 30.3 Å². The number of hydrogen-bond acceptors (Lipinski definition) is 5. The number of fused-ring (bicyclic) bond motifs is 1. The second kappa shape index (κ2) is 8.80. The summed E-state index contributed by atoms with van der Waals surface area (Å²) in [5, 5.41) is 3.55. The zero-order valence-electron chi connectivity index (χ0n) is 15.6. The lowest BCUT2D eigenvalue weighted by Crippen LogP contribution is -2.41. The lowest BCUT2D eigenvalue weighted by Gasteiger charge is -2.26. The Morgan fingerprint density at radius 3 is 2.69 bits per heavy atom. The number of thiazole rings is 1. The summed E-state index contributed by atoms with van der Waals surface area (Å²) in [5.74, 6) is -0.218. The third kappa shape index (κ3) is 6.15. The highest BCUT2D eigenvalue weighted by Gasteiger charge is 2.20. The molecule has 7 heteroatoms. The molecule has 0 aliphatic carbocycles. The molecule has 2 amide bonds. The minimum atomic E-state index is -0.534. The van der Waals surface area contributed by atoms with Crippen molar-refractivity contribution >= 4 is 39.6 Å². The number of nitrogens with one attached hydrogen (secondary N) is 1.